The summed E-state index contributed by atoms with van der Waals surface area (Å²) in [5.74, 6) is -0.479. The molecular formula is C19H25BrN8O4. The van der Waals surface area contributed by atoms with Gasteiger partial charge in [-0.25, -0.2) is 24.2 Å². The molecule has 0 N–H and O–H groups in total. The summed E-state index contributed by atoms with van der Waals surface area (Å²) in [4.78, 5) is 36.2. The van der Waals surface area contributed by atoms with Gasteiger partial charge in [0, 0.05) is 14.1 Å². The van der Waals surface area contributed by atoms with Gasteiger partial charge in [0.15, 0.2) is 6.54 Å². The fraction of sp³-hybridized carbons (Fsp3) is 0.368. The molecule has 2 rings (SSSR count). The third-order valence-corrected chi connectivity index (χ3v) is 4.03. The van der Waals surface area contributed by atoms with Crippen LogP contribution >= 0.6 is 0 Å². The zero-order chi connectivity index (χ0) is 23.4. The molecule has 0 atom stereocenters. The van der Waals surface area contributed by atoms with Crippen LogP contribution in [-0.4, -0.2) is 64.4 Å². The molecule has 0 aliphatic rings. The van der Waals surface area contributed by atoms with Gasteiger partial charge in [-0.05, 0) is 0 Å². The molecule has 13 heteroatoms. The molecule has 2 aromatic rings. The van der Waals surface area contributed by atoms with Crippen molar-refractivity contribution in [3.63, 3.8) is 0 Å². The number of halogens is 1. The van der Waals surface area contributed by atoms with Gasteiger partial charge in [-0.1, -0.05) is 12.7 Å². The number of nitriles is 2. The summed E-state index contributed by atoms with van der Waals surface area (Å²) >= 11 is 0. The Morgan fingerprint density at radius 1 is 1.12 bits per heavy atom. The van der Waals surface area contributed by atoms with E-state index in [2.05, 4.69) is 11.6 Å². The van der Waals surface area contributed by atoms with E-state index in [1.807, 2.05) is 12.1 Å². The monoisotopic (exact) mass is 508 g/mol. The molecule has 0 aliphatic heterocycles. The van der Waals surface area contributed by atoms with E-state index in [0.29, 0.717) is 17.9 Å². The van der Waals surface area contributed by atoms with E-state index in [-0.39, 0.29) is 41.9 Å². The number of carbonyl (C=O) groups excluding carboxylic acids is 2. The first-order valence-electron chi connectivity index (χ1n) is 8.92. The van der Waals surface area contributed by atoms with Crippen LogP contribution in [0.2, 0.25) is 0 Å². The third kappa shape index (κ3) is 8.31. The Bertz CT molecular complexity index is 988. The third-order valence-electron chi connectivity index (χ3n) is 4.03. The minimum Gasteiger partial charge on any atom is -1.00 e. The van der Waals surface area contributed by atoms with Gasteiger partial charge in [-0.15, -0.1) is 0 Å². The standard InChI is InChI=1S/C11H15N4O2.C8H10N4O2.BrH/c1-4-5-14-7-10(6-12)15(9-14)8-11(16)13(2)17-3;1-11(14-2)8(13)5-12-6-10-4-7(12)3-9;/h4,7,9H,1,5,8H2,2-3H3;4,6H,5H2,1-2H3;1H/q+1;;/p-1. The molecule has 0 aliphatic carbocycles. The fourth-order valence-corrected chi connectivity index (χ4v) is 2.21. The normalized spacial score (nSPS) is 9.31. The molecule has 0 saturated carbocycles. The highest BCUT2D eigenvalue weighted by Gasteiger charge is 2.18. The number of amides is 2. The van der Waals surface area contributed by atoms with Crippen LogP contribution in [0, 0.1) is 22.7 Å². The van der Waals surface area contributed by atoms with Gasteiger partial charge in [0.05, 0.1) is 26.7 Å². The summed E-state index contributed by atoms with van der Waals surface area (Å²) in [6.45, 7) is 4.32. The van der Waals surface area contributed by atoms with Crippen molar-refractivity contribution in [2.24, 2.45) is 0 Å². The Balaban J connectivity index is 0.000000592. The van der Waals surface area contributed by atoms with Crippen LogP contribution in [0.4, 0.5) is 0 Å². The lowest BCUT2D eigenvalue weighted by molar-refractivity contribution is -0.686. The van der Waals surface area contributed by atoms with Crippen LogP contribution < -0.4 is 21.5 Å². The minimum atomic E-state index is -0.248. The summed E-state index contributed by atoms with van der Waals surface area (Å²) in [5.41, 5.74) is 0.771. The molecule has 12 nitrogen and oxygen atoms in total. The molecule has 2 amide bonds. The number of imidazole rings is 2. The number of carbonyl (C=O) groups is 2. The van der Waals surface area contributed by atoms with Crippen LogP contribution in [0.1, 0.15) is 11.4 Å². The van der Waals surface area contributed by atoms with Crippen molar-refractivity contribution in [2.75, 3.05) is 28.3 Å². The van der Waals surface area contributed by atoms with Crippen molar-refractivity contribution in [3.05, 3.63) is 49.1 Å². The van der Waals surface area contributed by atoms with Gasteiger partial charge in [0.1, 0.15) is 37.1 Å². The molecular weight excluding hydrogens is 484 g/mol. The second kappa shape index (κ2) is 14.5. The molecule has 0 unspecified atom stereocenters. The van der Waals surface area contributed by atoms with Gasteiger partial charge in [0.25, 0.3) is 11.8 Å². The average Bonchev–Trinajstić information content (AvgIpc) is 3.38. The van der Waals surface area contributed by atoms with Gasteiger partial charge in [-0.3, -0.25) is 19.3 Å². The molecule has 2 heterocycles. The molecule has 172 valence electrons. The van der Waals surface area contributed by atoms with Crippen molar-refractivity contribution in [1.82, 2.24) is 24.2 Å². The topological polar surface area (TPSA) is 133 Å². The first-order chi connectivity index (χ1) is 14.8. The van der Waals surface area contributed by atoms with E-state index in [1.165, 1.54) is 45.4 Å². The van der Waals surface area contributed by atoms with Crippen LogP contribution in [0.3, 0.4) is 0 Å². The summed E-state index contributed by atoms with van der Waals surface area (Å²) in [7, 11) is 5.84. The Morgan fingerprint density at radius 2 is 1.66 bits per heavy atom. The predicted octanol–water partition coefficient (Wildman–Crippen LogP) is -3.37. The second-order valence-electron chi connectivity index (χ2n) is 6.02. The smallest absolute Gasteiger partial charge is 0.288 e. The van der Waals surface area contributed by atoms with Crippen molar-refractivity contribution >= 4 is 11.8 Å². The van der Waals surface area contributed by atoms with Gasteiger partial charge in [0.2, 0.25) is 12.0 Å². The Labute approximate surface area is 196 Å². The van der Waals surface area contributed by atoms with Crippen molar-refractivity contribution < 1.29 is 40.8 Å². The van der Waals surface area contributed by atoms with Crippen LogP contribution in [0.15, 0.2) is 37.7 Å². The molecule has 0 fully saturated rings. The van der Waals surface area contributed by atoms with E-state index in [1.54, 1.807) is 27.7 Å². The lowest BCUT2D eigenvalue weighted by Crippen LogP contribution is -3.00. The molecule has 2 aromatic heterocycles. The maximum atomic E-state index is 11.6. The molecule has 0 spiro atoms. The van der Waals surface area contributed by atoms with Crippen molar-refractivity contribution in [1.29, 1.82) is 10.5 Å². The molecule has 0 bridgehead atoms. The lowest BCUT2D eigenvalue weighted by Gasteiger charge is -2.13. The Morgan fingerprint density at radius 3 is 2.12 bits per heavy atom. The van der Waals surface area contributed by atoms with Gasteiger partial charge >= 0.3 is 0 Å². The molecule has 0 radical (unpaired) electrons. The highest BCUT2D eigenvalue weighted by molar-refractivity contribution is 5.75. The number of hydrogen-bond acceptors (Lipinski definition) is 7. The maximum absolute atomic E-state index is 11.6. The quantitative estimate of drug-likeness (QED) is 0.206. The zero-order valence-electron chi connectivity index (χ0n) is 18.3. The number of aromatic nitrogens is 4. The van der Waals surface area contributed by atoms with Crippen LogP contribution in [0.5, 0.6) is 0 Å². The van der Waals surface area contributed by atoms with E-state index in [0.717, 1.165) is 10.1 Å². The number of hydroxylamine groups is 4. The zero-order valence-corrected chi connectivity index (χ0v) is 19.9. The highest BCUT2D eigenvalue weighted by atomic mass is 79.9. The summed E-state index contributed by atoms with van der Waals surface area (Å²) < 4.78 is 4.81. The summed E-state index contributed by atoms with van der Waals surface area (Å²) in [5, 5.41) is 19.8. The van der Waals surface area contributed by atoms with E-state index in [9.17, 15) is 9.59 Å². The molecule has 0 aromatic carbocycles. The fourth-order valence-electron chi connectivity index (χ4n) is 2.21. The Hall–Kier alpha value is -3.52. The number of hydrogen-bond donors (Lipinski definition) is 0. The SMILES string of the molecule is C=CC[n+]1cc(C#N)n(CC(=O)N(C)OC)c1.CON(C)C(=O)Cn1cncc1C#N.[Br-]. The number of nitrogens with zero attached hydrogens (tertiary/aromatic N) is 8. The Kier molecular flexibility index (Phi) is 12.9. The van der Waals surface area contributed by atoms with Crippen LogP contribution in [-0.2, 0) is 38.9 Å². The largest absolute Gasteiger partial charge is 1.00 e. The second-order valence-corrected chi connectivity index (χ2v) is 6.02. The van der Waals surface area contributed by atoms with Gasteiger partial charge in [-0.2, -0.15) is 10.5 Å². The number of likely N-dealkylation sites (N-methyl/N-ethyl adjacent to an activating group) is 2. The number of rotatable bonds is 8. The van der Waals surface area contributed by atoms with Gasteiger partial charge < -0.3 is 21.5 Å². The van der Waals surface area contributed by atoms with E-state index in [4.69, 9.17) is 20.2 Å². The molecule has 32 heavy (non-hydrogen) atoms. The minimum absolute atomic E-state index is 0. The molecule has 0 saturated heterocycles. The lowest BCUT2D eigenvalue weighted by atomic mass is 10.5. The maximum Gasteiger partial charge on any atom is 0.288 e. The van der Waals surface area contributed by atoms with Crippen LogP contribution in [0.25, 0.3) is 0 Å². The highest BCUT2D eigenvalue weighted by Crippen LogP contribution is 1.99. The van der Waals surface area contributed by atoms with Crippen molar-refractivity contribution in [2.45, 2.75) is 19.6 Å². The van der Waals surface area contributed by atoms with Crippen molar-refractivity contribution in [3.8, 4) is 12.1 Å². The first-order valence-corrected chi connectivity index (χ1v) is 8.92. The van der Waals surface area contributed by atoms with E-state index < -0.39 is 0 Å². The predicted molar refractivity (Wildman–Crippen MR) is 106 cm³/mol. The summed E-state index contributed by atoms with van der Waals surface area (Å²) in [6, 6.07) is 3.96. The summed E-state index contributed by atoms with van der Waals surface area (Å²) in [6.07, 6.45) is 7.91. The first kappa shape index (κ1) is 28.5. The number of allylic oxidation sites excluding steroid dienone is 1. The van der Waals surface area contributed by atoms with E-state index >= 15 is 0 Å². The average molecular weight is 509 g/mol.